The van der Waals surface area contributed by atoms with Crippen LogP contribution in [0.25, 0.3) is 0 Å². The summed E-state index contributed by atoms with van der Waals surface area (Å²) in [4.78, 5) is 4.90. The van der Waals surface area contributed by atoms with Crippen LogP contribution in [-0.2, 0) is 0 Å². The normalized spacial score (nSPS) is 9.00. The molecule has 4 heteroatoms. The van der Waals surface area contributed by atoms with Gasteiger partial charge in [-0.25, -0.2) is 4.39 Å². The van der Waals surface area contributed by atoms with Gasteiger partial charge in [0.05, 0.1) is 11.3 Å². The molecule has 14 heavy (non-hydrogen) atoms. The minimum Gasteiger partial charge on any atom is -0.356 e. The first-order valence-electron chi connectivity index (χ1n) is 4.01. The van der Waals surface area contributed by atoms with Gasteiger partial charge in [-0.2, -0.15) is 5.26 Å². The first kappa shape index (κ1) is 10.2. The van der Waals surface area contributed by atoms with E-state index in [-0.39, 0.29) is 11.3 Å². The van der Waals surface area contributed by atoms with Crippen molar-refractivity contribution in [1.82, 2.24) is 0 Å². The molecule has 0 fully saturated rings. The van der Waals surface area contributed by atoms with Gasteiger partial charge < -0.3 is 4.84 Å². The minimum absolute atomic E-state index is 0.133. The lowest BCUT2D eigenvalue weighted by Gasteiger charge is -2.00. The summed E-state index contributed by atoms with van der Waals surface area (Å²) in [7, 11) is 0. The lowest BCUT2D eigenvalue weighted by atomic mass is 10.2. The Morgan fingerprint density at radius 3 is 2.79 bits per heavy atom. The Kier molecular flexibility index (Phi) is 3.19. The second-order valence-corrected chi connectivity index (χ2v) is 2.88. The summed E-state index contributed by atoms with van der Waals surface area (Å²) in [5.74, 6) is -0.323. The molecular weight excluding hydrogens is 183 g/mol. The van der Waals surface area contributed by atoms with E-state index in [1.54, 1.807) is 13.8 Å². The second kappa shape index (κ2) is 4.38. The average Bonchev–Trinajstić information content (AvgIpc) is 2.15. The van der Waals surface area contributed by atoms with E-state index >= 15 is 0 Å². The zero-order valence-corrected chi connectivity index (χ0v) is 7.91. The molecule has 0 N–H and O–H groups in total. The van der Waals surface area contributed by atoms with E-state index in [4.69, 9.17) is 10.1 Å². The Morgan fingerprint density at radius 1 is 1.50 bits per heavy atom. The highest BCUT2D eigenvalue weighted by atomic mass is 19.1. The van der Waals surface area contributed by atoms with Crippen molar-refractivity contribution in [3.05, 3.63) is 29.6 Å². The molecule has 72 valence electrons. The highest BCUT2D eigenvalue weighted by molar-refractivity contribution is 5.78. The smallest absolute Gasteiger partial charge is 0.178 e. The molecule has 0 saturated heterocycles. The van der Waals surface area contributed by atoms with Crippen LogP contribution in [0.3, 0.4) is 0 Å². The highest BCUT2D eigenvalue weighted by Crippen LogP contribution is 2.19. The van der Waals surface area contributed by atoms with Crippen LogP contribution in [0, 0.1) is 17.1 Å². The fourth-order valence-corrected chi connectivity index (χ4v) is 0.805. The molecule has 0 radical (unpaired) electrons. The third kappa shape index (κ3) is 2.56. The molecule has 0 bridgehead atoms. The number of nitrogens with zero attached hydrogens (tertiary/aromatic N) is 2. The summed E-state index contributed by atoms with van der Waals surface area (Å²) in [5.41, 5.74) is 0.953. The van der Waals surface area contributed by atoms with Crippen molar-refractivity contribution >= 4 is 5.71 Å². The molecule has 0 aromatic heterocycles. The maximum atomic E-state index is 12.8. The number of rotatable bonds is 2. The van der Waals surface area contributed by atoms with Crippen molar-refractivity contribution in [2.24, 2.45) is 5.16 Å². The maximum absolute atomic E-state index is 12.8. The Labute approximate surface area is 81.4 Å². The SMILES string of the molecule is CC(C)=NOc1cc(F)ccc1C#N. The summed E-state index contributed by atoms with van der Waals surface area (Å²) < 4.78 is 12.8. The van der Waals surface area contributed by atoms with Crippen molar-refractivity contribution in [1.29, 1.82) is 5.26 Å². The molecule has 0 aliphatic heterocycles. The Bertz CT molecular complexity index is 403. The van der Waals surface area contributed by atoms with Crippen LogP contribution in [0.15, 0.2) is 23.4 Å². The van der Waals surface area contributed by atoms with E-state index in [0.717, 1.165) is 6.07 Å². The average molecular weight is 192 g/mol. The topological polar surface area (TPSA) is 45.4 Å². The van der Waals surface area contributed by atoms with Crippen molar-refractivity contribution in [2.45, 2.75) is 13.8 Å². The Balaban J connectivity index is 3.01. The molecule has 0 aliphatic carbocycles. The van der Waals surface area contributed by atoms with Crippen LogP contribution in [0.2, 0.25) is 0 Å². The molecule has 0 spiro atoms. The summed E-state index contributed by atoms with van der Waals surface area (Å²) >= 11 is 0. The molecule has 0 saturated carbocycles. The molecule has 1 rings (SSSR count). The van der Waals surface area contributed by atoms with E-state index in [1.807, 2.05) is 6.07 Å². The largest absolute Gasteiger partial charge is 0.356 e. The number of hydrogen-bond donors (Lipinski definition) is 0. The zero-order chi connectivity index (χ0) is 10.6. The lowest BCUT2D eigenvalue weighted by Crippen LogP contribution is -1.92. The van der Waals surface area contributed by atoms with E-state index < -0.39 is 5.82 Å². The van der Waals surface area contributed by atoms with Crippen LogP contribution in [-0.4, -0.2) is 5.71 Å². The molecular formula is C10H9FN2O. The van der Waals surface area contributed by atoms with Gasteiger partial charge in [-0.1, -0.05) is 5.16 Å². The van der Waals surface area contributed by atoms with Crippen LogP contribution in [0.1, 0.15) is 19.4 Å². The maximum Gasteiger partial charge on any atom is 0.178 e. The van der Waals surface area contributed by atoms with Crippen LogP contribution >= 0.6 is 0 Å². The van der Waals surface area contributed by atoms with Gasteiger partial charge in [0.1, 0.15) is 11.9 Å². The predicted octanol–water partition coefficient (Wildman–Crippen LogP) is 2.47. The first-order chi connectivity index (χ1) is 6.63. The number of benzene rings is 1. The van der Waals surface area contributed by atoms with E-state index in [1.165, 1.54) is 12.1 Å². The quantitative estimate of drug-likeness (QED) is 0.533. The standard InChI is InChI=1S/C10H9FN2O/c1-7(2)13-14-10-5-9(11)4-3-8(10)6-12/h3-5H,1-2H3. The highest BCUT2D eigenvalue weighted by Gasteiger charge is 2.04. The molecule has 1 aromatic carbocycles. The molecule has 0 heterocycles. The fraction of sp³-hybridized carbons (Fsp3) is 0.200. The van der Waals surface area contributed by atoms with Gasteiger partial charge in [-0.15, -0.1) is 0 Å². The van der Waals surface area contributed by atoms with Crippen LogP contribution in [0.5, 0.6) is 5.75 Å². The first-order valence-corrected chi connectivity index (χ1v) is 4.01. The minimum atomic E-state index is -0.456. The zero-order valence-electron chi connectivity index (χ0n) is 7.91. The third-order valence-electron chi connectivity index (χ3n) is 1.39. The molecule has 0 atom stereocenters. The van der Waals surface area contributed by atoms with Crippen LogP contribution in [0.4, 0.5) is 4.39 Å². The number of oxime groups is 1. The van der Waals surface area contributed by atoms with Crippen molar-refractivity contribution in [2.75, 3.05) is 0 Å². The van der Waals surface area contributed by atoms with Gasteiger partial charge in [-0.05, 0) is 26.0 Å². The molecule has 0 amide bonds. The van der Waals surface area contributed by atoms with Gasteiger partial charge >= 0.3 is 0 Å². The van der Waals surface area contributed by atoms with Gasteiger partial charge in [0.25, 0.3) is 0 Å². The lowest BCUT2D eigenvalue weighted by molar-refractivity contribution is 0.337. The number of nitriles is 1. The Hall–Kier alpha value is -1.89. The number of halogens is 1. The van der Waals surface area contributed by atoms with Gasteiger partial charge in [0.2, 0.25) is 0 Å². The van der Waals surface area contributed by atoms with Gasteiger partial charge in [-0.3, -0.25) is 0 Å². The summed E-state index contributed by atoms with van der Waals surface area (Å²) in [6.45, 7) is 3.48. The van der Waals surface area contributed by atoms with Gasteiger partial charge in [0.15, 0.2) is 5.75 Å². The van der Waals surface area contributed by atoms with Crippen LogP contribution < -0.4 is 4.84 Å². The second-order valence-electron chi connectivity index (χ2n) is 2.88. The molecule has 3 nitrogen and oxygen atoms in total. The van der Waals surface area contributed by atoms with Crippen molar-refractivity contribution in [3.8, 4) is 11.8 Å². The van der Waals surface area contributed by atoms with E-state index in [9.17, 15) is 4.39 Å². The monoisotopic (exact) mass is 192 g/mol. The van der Waals surface area contributed by atoms with E-state index in [0.29, 0.717) is 5.71 Å². The predicted molar refractivity (Wildman–Crippen MR) is 50.5 cm³/mol. The Morgan fingerprint density at radius 2 is 2.21 bits per heavy atom. The van der Waals surface area contributed by atoms with Crippen molar-refractivity contribution in [3.63, 3.8) is 0 Å². The third-order valence-corrected chi connectivity index (χ3v) is 1.39. The number of hydrogen-bond acceptors (Lipinski definition) is 3. The fourth-order valence-electron chi connectivity index (χ4n) is 0.805. The molecule has 0 aliphatic rings. The summed E-state index contributed by atoms with van der Waals surface area (Å²) in [6.07, 6.45) is 0. The van der Waals surface area contributed by atoms with Crippen molar-refractivity contribution < 1.29 is 9.23 Å². The molecule has 1 aromatic rings. The van der Waals surface area contributed by atoms with E-state index in [2.05, 4.69) is 5.16 Å². The van der Waals surface area contributed by atoms with Gasteiger partial charge in [0, 0.05) is 6.07 Å². The molecule has 0 unspecified atom stereocenters. The summed E-state index contributed by atoms with van der Waals surface area (Å²) in [6, 6.07) is 5.57. The summed E-state index contributed by atoms with van der Waals surface area (Å²) in [5, 5.41) is 12.3.